The van der Waals surface area contributed by atoms with E-state index in [2.05, 4.69) is 38.7 Å². The van der Waals surface area contributed by atoms with Crippen LogP contribution in [0.1, 0.15) is 42.2 Å². The lowest BCUT2D eigenvalue weighted by molar-refractivity contribution is 0.195. The van der Waals surface area contributed by atoms with E-state index >= 15 is 0 Å². The molecule has 1 atom stereocenters. The summed E-state index contributed by atoms with van der Waals surface area (Å²) in [5, 5.41) is 9.73. The van der Waals surface area contributed by atoms with Gasteiger partial charge in [0, 0.05) is 28.6 Å². The Morgan fingerprint density at radius 2 is 2.04 bits per heavy atom. The van der Waals surface area contributed by atoms with Crippen molar-refractivity contribution in [3.05, 3.63) is 52.3 Å². The normalized spacial score (nSPS) is 18.0. The van der Waals surface area contributed by atoms with Crippen LogP contribution in [0.3, 0.4) is 0 Å². The number of aromatic nitrogens is 2. The van der Waals surface area contributed by atoms with Gasteiger partial charge in [0.05, 0.1) is 26.1 Å². The molecule has 4 rings (SSSR count). The van der Waals surface area contributed by atoms with Crippen LogP contribution in [0.5, 0.6) is 11.5 Å². The van der Waals surface area contributed by atoms with Gasteiger partial charge in [-0.3, -0.25) is 10.00 Å². The van der Waals surface area contributed by atoms with Crippen LogP contribution >= 0.6 is 11.3 Å². The lowest BCUT2D eigenvalue weighted by Gasteiger charge is -2.29. The smallest absolute Gasteiger partial charge is 0.161 e. The quantitative estimate of drug-likeness (QED) is 0.615. The summed E-state index contributed by atoms with van der Waals surface area (Å²) < 4.78 is 10.9. The van der Waals surface area contributed by atoms with Crippen molar-refractivity contribution in [3.8, 4) is 22.8 Å². The maximum absolute atomic E-state index is 5.48. The fourth-order valence-electron chi connectivity index (χ4n) is 4.05. The van der Waals surface area contributed by atoms with Crippen molar-refractivity contribution in [1.82, 2.24) is 15.1 Å². The van der Waals surface area contributed by atoms with Crippen LogP contribution in [0.2, 0.25) is 0 Å². The Morgan fingerprint density at radius 3 is 2.82 bits per heavy atom. The first-order valence-corrected chi connectivity index (χ1v) is 10.7. The third kappa shape index (κ3) is 3.93. The number of nitrogens with one attached hydrogen (secondary N) is 1. The summed E-state index contributed by atoms with van der Waals surface area (Å²) in [5.41, 5.74) is 3.33. The molecule has 0 saturated carbocycles. The highest BCUT2D eigenvalue weighted by Crippen LogP contribution is 2.36. The molecule has 0 amide bonds. The second-order valence-corrected chi connectivity index (χ2v) is 8.17. The molecule has 148 valence electrons. The molecule has 3 heterocycles. The Hall–Kier alpha value is -2.31. The van der Waals surface area contributed by atoms with E-state index in [4.69, 9.17) is 9.47 Å². The highest BCUT2D eigenvalue weighted by Gasteiger charge is 2.25. The Balaban J connectivity index is 1.61. The molecule has 1 N–H and O–H groups in total. The Bertz CT molecular complexity index is 891. The van der Waals surface area contributed by atoms with Gasteiger partial charge in [-0.25, -0.2) is 0 Å². The molecule has 0 bridgehead atoms. The van der Waals surface area contributed by atoms with Gasteiger partial charge < -0.3 is 9.47 Å². The molecule has 1 fully saturated rings. The molecule has 0 spiro atoms. The number of nitrogens with zero attached hydrogens (tertiary/aromatic N) is 2. The standard InChI is InChI=1S/C22H27N3O2S/c1-26-19-10-9-16(13-20(19)27-2)22-17(14-23-24-22)15-25-11-5-3-4-7-18(25)21-8-6-12-28-21/h6,8-10,12-14,18H,3-5,7,11,15H2,1-2H3,(H,23,24). The minimum Gasteiger partial charge on any atom is -0.493 e. The summed E-state index contributed by atoms with van der Waals surface area (Å²) in [5.74, 6) is 1.46. The molecular formula is C22H27N3O2S. The van der Waals surface area contributed by atoms with Crippen LogP contribution in [-0.2, 0) is 6.54 Å². The van der Waals surface area contributed by atoms with Crippen molar-refractivity contribution in [2.24, 2.45) is 0 Å². The zero-order valence-corrected chi connectivity index (χ0v) is 17.3. The predicted molar refractivity (Wildman–Crippen MR) is 113 cm³/mol. The number of ether oxygens (including phenoxy) is 2. The summed E-state index contributed by atoms with van der Waals surface area (Å²) in [4.78, 5) is 4.09. The third-order valence-corrected chi connectivity index (χ3v) is 6.47. The number of hydrogen-bond donors (Lipinski definition) is 1. The predicted octanol–water partition coefficient (Wildman–Crippen LogP) is 5.27. The molecule has 2 aromatic heterocycles. The maximum atomic E-state index is 5.48. The molecule has 0 radical (unpaired) electrons. The van der Waals surface area contributed by atoms with Gasteiger partial charge in [0.1, 0.15) is 0 Å². The number of likely N-dealkylation sites (tertiary alicyclic amines) is 1. The molecule has 1 saturated heterocycles. The van der Waals surface area contributed by atoms with Crippen molar-refractivity contribution in [3.63, 3.8) is 0 Å². The van der Waals surface area contributed by atoms with E-state index in [-0.39, 0.29) is 0 Å². The highest BCUT2D eigenvalue weighted by molar-refractivity contribution is 7.10. The number of rotatable bonds is 6. The molecule has 3 aromatic rings. The number of hydrogen-bond acceptors (Lipinski definition) is 5. The van der Waals surface area contributed by atoms with Gasteiger partial charge in [0.2, 0.25) is 0 Å². The largest absolute Gasteiger partial charge is 0.493 e. The van der Waals surface area contributed by atoms with Crippen LogP contribution in [-0.4, -0.2) is 35.9 Å². The summed E-state index contributed by atoms with van der Waals surface area (Å²) >= 11 is 1.87. The first-order chi connectivity index (χ1) is 13.8. The first kappa shape index (κ1) is 19.0. The summed E-state index contributed by atoms with van der Waals surface area (Å²) in [6.45, 7) is 2.02. The number of thiophene rings is 1. The van der Waals surface area contributed by atoms with Crippen molar-refractivity contribution in [2.75, 3.05) is 20.8 Å². The van der Waals surface area contributed by atoms with Crippen LogP contribution < -0.4 is 9.47 Å². The van der Waals surface area contributed by atoms with Crippen LogP contribution in [0.4, 0.5) is 0 Å². The van der Waals surface area contributed by atoms with Gasteiger partial charge in [-0.15, -0.1) is 11.3 Å². The number of H-pyrrole nitrogens is 1. The molecule has 1 aromatic carbocycles. The summed E-state index contributed by atoms with van der Waals surface area (Å²) in [6.07, 6.45) is 7.05. The van der Waals surface area contributed by atoms with Gasteiger partial charge >= 0.3 is 0 Å². The summed E-state index contributed by atoms with van der Waals surface area (Å²) in [7, 11) is 3.32. The molecule has 1 aliphatic rings. The highest BCUT2D eigenvalue weighted by atomic mass is 32.1. The lowest BCUT2D eigenvalue weighted by Crippen LogP contribution is -2.27. The van der Waals surface area contributed by atoms with Crippen molar-refractivity contribution >= 4 is 11.3 Å². The molecular weight excluding hydrogens is 370 g/mol. The third-order valence-electron chi connectivity index (χ3n) is 5.50. The Morgan fingerprint density at radius 1 is 1.14 bits per heavy atom. The molecule has 1 unspecified atom stereocenters. The SMILES string of the molecule is COc1ccc(-c2[nH]ncc2CN2CCCCCC2c2cccs2)cc1OC. The molecule has 0 aliphatic carbocycles. The zero-order chi connectivity index (χ0) is 19.3. The molecule has 5 nitrogen and oxygen atoms in total. The van der Waals surface area contributed by atoms with E-state index in [1.165, 1.54) is 36.1 Å². The van der Waals surface area contributed by atoms with Crippen molar-refractivity contribution < 1.29 is 9.47 Å². The summed E-state index contributed by atoms with van der Waals surface area (Å²) in [6, 6.07) is 10.9. The number of benzene rings is 1. The number of methoxy groups -OCH3 is 2. The van der Waals surface area contributed by atoms with Crippen LogP contribution in [0.25, 0.3) is 11.3 Å². The van der Waals surface area contributed by atoms with E-state index < -0.39 is 0 Å². The lowest BCUT2D eigenvalue weighted by atomic mass is 10.0. The van der Waals surface area contributed by atoms with E-state index in [1.54, 1.807) is 14.2 Å². The fourth-order valence-corrected chi connectivity index (χ4v) is 4.95. The minimum atomic E-state index is 0.496. The van der Waals surface area contributed by atoms with E-state index in [0.29, 0.717) is 6.04 Å². The second kappa shape index (κ2) is 8.80. The van der Waals surface area contributed by atoms with Crippen molar-refractivity contribution in [2.45, 2.75) is 38.3 Å². The van der Waals surface area contributed by atoms with Gasteiger partial charge in [-0.1, -0.05) is 18.9 Å². The average molecular weight is 398 g/mol. The van der Waals surface area contributed by atoms with E-state index in [9.17, 15) is 0 Å². The maximum Gasteiger partial charge on any atom is 0.161 e. The van der Waals surface area contributed by atoms with Crippen molar-refractivity contribution in [1.29, 1.82) is 0 Å². The van der Waals surface area contributed by atoms with E-state index in [0.717, 1.165) is 35.8 Å². The molecule has 6 heteroatoms. The van der Waals surface area contributed by atoms with Crippen LogP contribution in [0, 0.1) is 0 Å². The van der Waals surface area contributed by atoms with Crippen LogP contribution in [0.15, 0.2) is 41.9 Å². The Labute approximate surface area is 170 Å². The molecule has 28 heavy (non-hydrogen) atoms. The average Bonchev–Trinajstić information content (AvgIpc) is 3.37. The van der Waals surface area contributed by atoms with Gasteiger partial charge in [0.15, 0.2) is 11.5 Å². The fraction of sp³-hybridized carbons (Fsp3) is 0.409. The first-order valence-electron chi connectivity index (χ1n) is 9.82. The minimum absolute atomic E-state index is 0.496. The van der Waals surface area contributed by atoms with E-state index in [1.807, 2.05) is 29.7 Å². The number of aromatic amines is 1. The van der Waals surface area contributed by atoms with Gasteiger partial charge in [-0.2, -0.15) is 5.10 Å². The molecule has 1 aliphatic heterocycles. The van der Waals surface area contributed by atoms with Gasteiger partial charge in [-0.05, 0) is 49.0 Å². The van der Waals surface area contributed by atoms with Gasteiger partial charge in [0.25, 0.3) is 0 Å². The zero-order valence-electron chi connectivity index (χ0n) is 16.5. The second-order valence-electron chi connectivity index (χ2n) is 7.19. The Kier molecular flexibility index (Phi) is 5.98. The topological polar surface area (TPSA) is 50.4 Å². The monoisotopic (exact) mass is 397 g/mol.